The fourth-order valence-corrected chi connectivity index (χ4v) is 1.97. The number of anilines is 1. The van der Waals surface area contributed by atoms with Crippen molar-refractivity contribution in [2.24, 2.45) is 0 Å². The lowest BCUT2D eigenvalue weighted by Crippen LogP contribution is -2.08. The number of halogens is 1. The summed E-state index contributed by atoms with van der Waals surface area (Å²) in [6.07, 6.45) is 1.38. The maximum atomic E-state index is 11.4. The van der Waals surface area contributed by atoms with Crippen LogP contribution in [0.15, 0.2) is 29.0 Å². The van der Waals surface area contributed by atoms with E-state index in [1.165, 1.54) is 18.0 Å². The molecule has 0 atom stereocenters. The van der Waals surface area contributed by atoms with Gasteiger partial charge in [-0.15, -0.1) is 0 Å². The van der Waals surface area contributed by atoms with Gasteiger partial charge in [0, 0.05) is 4.47 Å². The van der Waals surface area contributed by atoms with Crippen molar-refractivity contribution in [2.75, 3.05) is 12.8 Å². The van der Waals surface area contributed by atoms with E-state index in [-0.39, 0.29) is 11.5 Å². The van der Waals surface area contributed by atoms with Gasteiger partial charge in [0.1, 0.15) is 18.2 Å². The number of carbonyl (C=O) groups excluding carboxylic acids is 1. The number of aromatic nitrogens is 2. The van der Waals surface area contributed by atoms with Crippen LogP contribution in [0.3, 0.4) is 0 Å². The molecule has 0 aliphatic heterocycles. The van der Waals surface area contributed by atoms with Crippen molar-refractivity contribution < 1.29 is 9.53 Å². The Morgan fingerprint density at radius 1 is 1.58 bits per heavy atom. The topological polar surface area (TPSA) is 93.9 Å². The number of methoxy groups -OCH3 is 1. The van der Waals surface area contributed by atoms with Crippen molar-refractivity contribution in [2.45, 2.75) is 0 Å². The Morgan fingerprint density at radius 3 is 2.95 bits per heavy atom. The number of rotatable bonds is 2. The van der Waals surface area contributed by atoms with E-state index >= 15 is 0 Å². The molecule has 19 heavy (non-hydrogen) atoms. The molecule has 2 rings (SSSR count). The van der Waals surface area contributed by atoms with Crippen LogP contribution in [-0.2, 0) is 4.74 Å². The number of hydrogen-bond donors (Lipinski definition) is 1. The molecule has 6 nitrogen and oxygen atoms in total. The molecule has 1 aromatic carbocycles. The van der Waals surface area contributed by atoms with E-state index in [4.69, 9.17) is 11.0 Å². The summed E-state index contributed by atoms with van der Waals surface area (Å²) >= 11 is 3.29. The number of ether oxygens (including phenoxy) is 1. The molecule has 2 aromatic rings. The molecule has 96 valence electrons. The lowest BCUT2D eigenvalue weighted by atomic mass is 10.2. The molecule has 0 spiro atoms. The molecule has 1 aromatic heterocycles. The molecule has 0 unspecified atom stereocenters. The van der Waals surface area contributed by atoms with Gasteiger partial charge in [-0.25, -0.2) is 9.78 Å². The van der Waals surface area contributed by atoms with Gasteiger partial charge in [-0.3, -0.25) is 4.57 Å². The smallest absolute Gasteiger partial charge is 0.360 e. The molecule has 1 heterocycles. The molecule has 0 radical (unpaired) electrons. The zero-order valence-corrected chi connectivity index (χ0v) is 11.5. The molecular weight excluding hydrogens is 312 g/mol. The number of esters is 1. The molecule has 0 bridgehead atoms. The Hall–Kier alpha value is -2.33. The minimum Gasteiger partial charge on any atom is -0.464 e. The summed E-state index contributed by atoms with van der Waals surface area (Å²) in [5.41, 5.74) is 6.83. The second-order valence-corrected chi connectivity index (χ2v) is 4.53. The minimum atomic E-state index is -0.619. The third-order valence-electron chi connectivity index (χ3n) is 2.52. The normalized spacial score (nSPS) is 9.95. The van der Waals surface area contributed by atoms with Gasteiger partial charge < -0.3 is 10.5 Å². The van der Waals surface area contributed by atoms with E-state index in [2.05, 4.69) is 31.7 Å². The Labute approximate surface area is 117 Å². The van der Waals surface area contributed by atoms with E-state index in [0.29, 0.717) is 11.3 Å². The van der Waals surface area contributed by atoms with Gasteiger partial charge in [0.2, 0.25) is 0 Å². The average Bonchev–Trinajstić information content (AvgIpc) is 2.79. The fraction of sp³-hybridized carbons (Fsp3) is 0.0833. The van der Waals surface area contributed by atoms with E-state index in [1.54, 1.807) is 18.2 Å². The standard InChI is InChI=1S/C12H9BrN4O2/c1-19-12(18)10-11(15)17(6-16-10)9-3-2-8(13)4-7(9)5-14/h2-4,6H,15H2,1H3. The molecule has 0 aliphatic carbocycles. The first-order chi connectivity index (χ1) is 9.08. The minimum absolute atomic E-state index is 0.0225. The lowest BCUT2D eigenvalue weighted by molar-refractivity contribution is 0.0596. The van der Waals surface area contributed by atoms with Crippen molar-refractivity contribution in [1.29, 1.82) is 5.26 Å². The summed E-state index contributed by atoms with van der Waals surface area (Å²) in [4.78, 5) is 15.3. The van der Waals surface area contributed by atoms with Gasteiger partial charge in [-0.1, -0.05) is 15.9 Å². The molecule has 0 fully saturated rings. The zero-order valence-electron chi connectivity index (χ0n) is 9.92. The van der Waals surface area contributed by atoms with E-state index in [9.17, 15) is 4.79 Å². The highest BCUT2D eigenvalue weighted by molar-refractivity contribution is 9.10. The zero-order chi connectivity index (χ0) is 14.0. The van der Waals surface area contributed by atoms with Crippen molar-refractivity contribution >= 4 is 27.7 Å². The number of nitriles is 1. The van der Waals surface area contributed by atoms with E-state index < -0.39 is 5.97 Å². The number of nitrogens with zero attached hydrogens (tertiary/aromatic N) is 3. The highest BCUT2D eigenvalue weighted by Gasteiger charge is 2.18. The number of imidazole rings is 1. The molecule has 0 aliphatic rings. The van der Waals surface area contributed by atoms with Crippen LogP contribution in [0.1, 0.15) is 16.1 Å². The Balaban J connectivity index is 2.58. The van der Waals surface area contributed by atoms with Gasteiger partial charge in [0.05, 0.1) is 18.4 Å². The van der Waals surface area contributed by atoms with Gasteiger partial charge in [0.15, 0.2) is 5.69 Å². The Kier molecular flexibility index (Phi) is 3.53. The second kappa shape index (κ2) is 5.12. The summed E-state index contributed by atoms with van der Waals surface area (Å²) in [5, 5.41) is 9.12. The number of nitrogen functional groups attached to an aromatic ring is 1. The van der Waals surface area contributed by atoms with Crippen LogP contribution < -0.4 is 5.73 Å². The average molecular weight is 321 g/mol. The fourth-order valence-electron chi connectivity index (χ4n) is 1.61. The van der Waals surface area contributed by atoms with Crippen LogP contribution in [0.5, 0.6) is 0 Å². The maximum Gasteiger partial charge on any atom is 0.360 e. The SMILES string of the molecule is COC(=O)c1ncn(-c2ccc(Br)cc2C#N)c1N. The third-order valence-corrected chi connectivity index (χ3v) is 3.02. The molecule has 0 amide bonds. The first-order valence-corrected chi connectivity index (χ1v) is 5.99. The van der Waals surface area contributed by atoms with Crippen molar-refractivity contribution in [3.63, 3.8) is 0 Å². The van der Waals surface area contributed by atoms with E-state index in [1.807, 2.05) is 0 Å². The van der Waals surface area contributed by atoms with Crippen molar-refractivity contribution in [1.82, 2.24) is 9.55 Å². The number of carbonyl (C=O) groups is 1. The molecule has 7 heteroatoms. The van der Waals surface area contributed by atoms with Crippen LogP contribution in [0.2, 0.25) is 0 Å². The monoisotopic (exact) mass is 320 g/mol. The van der Waals surface area contributed by atoms with Gasteiger partial charge >= 0.3 is 5.97 Å². The number of hydrogen-bond acceptors (Lipinski definition) is 5. The summed E-state index contributed by atoms with van der Waals surface area (Å²) in [6.45, 7) is 0. The van der Waals surface area contributed by atoms with Crippen LogP contribution in [0.4, 0.5) is 5.82 Å². The Bertz CT molecular complexity index is 688. The molecule has 0 saturated carbocycles. The Morgan fingerprint density at radius 2 is 2.32 bits per heavy atom. The number of nitrogens with two attached hydrogens (primary N) is 1. The highest BCUT2D eigenvalue weighted by Crippen LogP contribution is 2.23. The lowest BCUT2D eigenvalue weighted by Gasteiger charge is -2.07. The molecule has 2 N–H and O–H groups in total. The summed E-state index contributed by atoms with van der Waals surface area (Å²) in [6, 6.07) is 7.20. The van der Waals surface area contributed by atoms with Crippen LogP contribution in [-0.4, -0.2) is 22.6 Å². The van der Waals surface area contributed by atoms with Gasteiger partial charge in [-0.05, 0) is 18.2 Å². The van der Waals surface area contributed by atoms with Gasteiger partial charge in [-0.2, -0.15) is 5.26 Å². The van der Waals surface area contributed by atoms with Crippen LogP contribution in [0, 0.1) is 11.3 Å². The first kappa shape index (κ1) is 13.1. The highest BCUT2D eigenvalue weighted by atomic mass is 79.9. The van der Waals surface area contributed by atoms with Crippen LogP contribution in [0.25, 0.3) is 5.69 Å². The second-order valence-electron chi connectivity index (χ2n) is 3.61. The first-order valence-electron chi connectivity index (χ1n) is 5.19. The predicted octanol–water partition coefficient (Wildman–Crippen LogP) is 1.88. The summed E-state index contributed by atoms with van der Waals surface area (Å²) in [5.74, 6) is -0.488. The van der Waals surface area contributed by atoms with Crippen LogP contribution >= 0.6 is 15.9 Å². The summed E-state index contributed by atoms with van der Waals surface area (Å²) in [7, 11) is 1.25. The van der Waals surface area contributed by atoms with E-state index in [0.717, 1.165) is 4.47 Å². The van der Waals surface area contributed by atoms with Crippen molar-refractivity contribution in [3.05, 3.63) is 40.3 Å². The molecule has 0 saturated heterocycles. The largest absolute Gasteiger partial charge is 0.464 e. The van der Waals surface area contributed by atoms with Gasteiger partial charge in [0.25, 0.3) is 0 Å². The molecular formula is C12H9BrN4O2. The maximum absolute atomic E-state index is 11.4. The van der Waals surface area contributed by atoms with Crippen molar-refractivity contribution in [3.8, 4) is 11.8 Å². The third kappa shape index (κ3) is 2.30. The number of benzene rings is 1. The summed E-state index contributed by atoms with van der Waals surface area (Å²) < 4.78 is 6.82. The quantitative estimate of drug-likeness (QED) is 0.852. The predicted molar refractivity (Wildman–Crippen MR) is 71.7 cm³/mol.